The Balaban J connectivity index is 1.51. The first-order valence-corrected chi connectivity index (χ1v) is 18.9. The van der Waals surface area contributed by atoms with Crippen LogP contribution in [-0.4, -0.2) is 30.5 Å². The topological polar surface area (TPSA) is 114 Å². The van der Waals surface area contributed by atoms with Crippen molar-refractivity contribution in [2.75, 3.05) is 6.61 Å². The minimum Gasteiger partial charge on any atom is -0.488 e. The quantitative estimate of drug-likeness (QED) is 0.0392. The molecular formula is C50H45FO9. The fourth-order valence-electron chi connectivity index (χ4n) is 5.75. The number of aryl methyl sites for hydroxylation is 1. The van der Waals surface area contributed by atoms with E-state index in [0.29, 0.717) is 57.7 Å². The number of rotatable bonds is 17. The summed E-state index contributed by atoms with van der Waals surface area (Å²) in [4.78, 5) is 48.5. The Kier molecular flexibility index (Phi) is 14.5. The molecule has 5 rings (SSSR count). The zero-order chi connectivity index (χ0) is 43.5. The van der Waals surface area contributed by atoms with Gasteiger partial charge in [-0.25, -0.2) is 23.6 Å². The lowest BCUT2D eigenvalue weighted by molar-refractivity contribution is -0.139. The van der Waals surface area contributed by atoms with E-state index in [2.05, 4.69) is 26.3 Å². The molecule has 0 saturated carbocycles. The van der Waals surface area contributed by atoms with Crippen molar-refractivity contribution in [1.29, 1.82) is 0 Å². The highest BCUT2D eigenvalue weighted by atomic mass is 19.1. The van der Waals surface area contributed by atoms with Gasteiger partial charge < -0.3 is 23.7 Å². The van der Waals surface area contributed by atoms with E-state index in [1.165, 1.54) is 13.0 Å². The van der Waals surface area contributed by atoms with E-state index in [1.54, 1.807) is 87.5 Å². The fraction of sp³-hybridized carbons (Fsp3) is 0.160. The molecular weight excluding hydrogens is 764 g/mol. The van der Waals surface area contributed by atoms with Crippen LogP contribution in [0.4, 0.5) is 4.39 Å². The summed E-state index contributed by atoms with van der Waals surface area (Å²) in [5, 5.41) is 0. The van der Waals surface area contributed by atoms with Gasteiger partial charge in [-0.2, -0.15) is 0 Å². The molecule has 0 heterocycles. The van der Waals surface area contributed by atoms with Gasteiger partial charge in [-0.3, -0.25) is 0 Å². The lowest BCUT2D eigenvalue weighted by atomic mass is 9.94. The number of hydrogen-bond acceptors (Lipinski definition) is 9. The van der Waals surface area contributed by atoms with Gasteiger partial charge in [0.05, 0.1) is 6.61 Å². The molecule has 5 aromatic rings. The molecule has 0 saturated heterocycles. The van der Waals surface area contributed by atoms with Crippen LogP contribution in [0.3, 0.4) is 0 Å². The van der Waals surface area contributed by atoms with E-state index in [9.17, 15) is 19.2 Å². The summed E-state index contributed by atoms with van der Waals surface area (Å²) in [6, 6.07) is 29.1. The maximum absolute atomic E-state index is 16.5. The van der Waals surface area contributed by atoms with E-state index < -0.39 is 29.7 Å². The molecule has 0 aliphatic heterocycles. The van der Waals surface area contributed by atoms with Crippen molar-refractivity contribution < 1.29 is 47.3 Å². The normalized spacial score (nSPS) is 10.6. The third kappa shape index (κ3) is 11.6. The van der Waals surface area contributed by atoms with Gasteiger partial charge in [0.25, 0.3) is 0 Å². The molecule has 60 heavy (non-hydrogen) atoms. The van der Waals surface area contributed by atoms with Gasteiger partial charge in [0, 0.05) is 45.0 Å². The predicted octanol–water partition coefficient (Wildman–Crippen LogP) is 10.9. The average Bonchev–Trinajstić information content (AvgIpc) is 3.22. The Morgan fingerprint density at radius 2 is 1.02 bits per heavy atom. The summed E-state index contributed by atoms with van der Waals surface area (Å²) in [7, 11) is 0. The summed E-state index contributed by atoms with van der Waals surface area (Å²) in [6.07, 6.45) is 1.29. The zero-order valence-corrected chi connectivity index (χ0v) is 34.0. The predicted molar refractivity (Wildman–Crippen MR) is 229 cm³/mol. The van der Waals surface area contributed by atoms with Crippen LogP contribution >= 0.6 is 0 Å². The van der Waals surface area contributed by atoms with Crippen LogP contribution in [-0.2, 0) is 36.9 Å². The molecule has 0 aliphatic rings. The summed E-state index contributed by atoms with van der Waals surface area (Å²) < 4.78 is 44.5. The Morgan fingerprint density at radius 1 is 0.533 bits per heavy atom. The van der Waals surface area contributed by atoms with Crippen molar-refractivity contribution in [3.63, 3.8) is 0 Å². The maximum atomic E-state index is 16.5. The first kappa shape index (κ1) is 43.8. The summed E-state index contributed by atoms with van der Waals surface area (Å²) in [6.45, 7) is 20.9. The molecule has 0 amide bonds. The van der Waals surface area contributed by atoms with Crippen LogP contribution in [0.15, 0.2) is 152 Å². The molecule has 0 aromatic heterocycles. The first-order valence-electron chi connectivity index (χ1n) is 18.9. The average molecular weight is 809 g/mol. The van der Waals surface area contributed by atoms with Gasteiger partial charge >= 0.3 is 23.9 Å². The van der Waals surface area contributed by atoms with Gasteiger partial charge in [-0.1, -0.05) is 74.8 Å². The standard InChI is InChI=1S/C50H45FO9/c1-30(2)47(52)56-25-9-10-34-11-13-35(14-12-34)38-26-39(46(44(51)27-38)37-17-21-41(22-18-37)59-49(54)32(5)6)29-57-45-28-42(60-50(55)33(7)8)23-24-43(45)36-15-19-40(20-16-36)58-48(53)31(3)4/h11-24,26-28H,1,3,5,7,9-10,25,29H2,2,4,6,8H3. The van der Waals surface area contributed by atoms with Crippen LogP contribution in [0.25, 0.3) is 33.4 Å². The number of benzene rings is 5. The number of halogens is 1. The SMILES string of the molecule is C=C(C)C(=O)OCCCc1ccc(-c2cc(F)c(-c3ccc(OC(=O)C(=C)C)cc3)c(COc3cc(OC(=O)C(=C)C)ccc3-c3ccc(OC(=O)C(=C)C)cc3)c2)cc1. The molecule has 0 spiro atoms. The molecule has 0 N–H and O–H groups in total. The molecule has 0 radical (unpaired) electrons. The van der Waals surface area contributed by atoms with E-state index in [-0.39, 0.29) is 47.0 Å². The second-order valence-electron chi connectivity index (χ2n) is 14.2. The molecule has 5 aromatic carbocycles. The number of hydrogen-bond donors (Lipinski definition) is 0. The molecule has 0 atom stereocenters. The van der Waals surface area contributed by atoms with Crippen LogP contribution < -0.4 is 18.9 Å². The minimum atomic E-state index is -0.621. The molecule has 10 heteroatoms. The number of esters is 4. The van der Waals surface area contributed by atoms with E-state index in [4.69, 9.17) is 23.7 Å². The van der Waals surface area contributed by atoms with Crippen molar-refractivity contribution >= 4 is 23.9 Å². The Labute approximate surface area is 349 Å². The number of carbonyl (C=O) groups is 4. The lowest BCUT2D eigenvalue weighted by Crippen LogP contribution is -2.09. The second kappa shape index (κ2) is 19.9. The van der Waals surface area contributed by atoms with Crippen LogP contribution in [0.1, 0.15) is 45.2 Å². The highest BCUT2D eigenvalue weighted by Crippen LogP contribution is 2.38. The molecule has 0 bridgehead atoms. The lowest BCUT2D eigenvalue weighted by Gasteiger charge is -2.18. The summed E-state index contributed by atoms with van der Waals surface area (Å²) >= 11 is 0. The number of carbonyl (C=O) groups excluding carboxylic acids is 4. The Hall–Kier alpha value is -7.33. The summed E-state index contributed by atoms with van der Waals surface area (Å²) in [5.41, 5.74) is 5.93. The van der Waals surface area contributed by atoms with Crippen molar-refractivity contribution in [2.45, 2.75) is 47.1 Å². The largest absolute Gasteiger partial charge is 0.488 e. The van der Waals surface area contributed by atoms with Crippen molar-refractivity contribution in [3.05, 3.63) is 169 Å². The van der Waals surface area contributed by atoms with Gasteiger partial charge in [-0.05, 0) is 117 Å². The highest BCUT2D eigenvalue weighted by molar-refractivity contribution is 5.90. The highest BCUT2D eigenvalue weighted by Gasteiger charge is 2.19. The van der Waals surface area contributed by atoms with Gasteiger partial charge in [-0.15, -0.1) is 0 Å². The van der Waals surface area contributed by atoms with Crippen molar-refractivity contribution in [3.8, 4) is 56.4 Å². The molecule has 0 aliphatic carbocycles. The second-order valence-corrected chi connectivity index (χ2v) is 14.2. The van der Waals surface area contributed by atoms with Crippen LogP contribution in [0.5, 0.6) is 23.0 Å². The van der Waals surface area contributed by atoms with E-state index in [1.807, 2.05) is 30.3 Å². The molecule has 306 valence electrons. The zero-order valence-electron chi connectivity index (χ0n) is 34.0. The van der Waals surface area contributed by atoms with Gasteiger partial charge in [0.2, 0.25) is 0 Å². The van der Waals surface area contributed by atoms with Crippen molar-refractivity contribution in [2.24, 2.45) is 0 Å². The van der Waals surface area contributed by atoms with Gasteiger partial charge in [0.1, 0.15) is 35.4 Å². The van der Waals surface area contributed by atoms with Crippen molar-refractivity contribution in [1.82, 2.24) is 0 Å². The fourth-order valence-corrected chi connectivity index (χ4v) is 5.75. The summed E-state index contributed by atoms with van der Waals surface area (Å²) in [5.74, 6) is -1.62. The molecule has 0 unspecified atom stereocenters. The third-order valence-electron chi connectivity index (χ3n) is 8.97. The minimum absolute atomic E-state index is 0.132. The monoisotopic (exact) mass is 808 g/mol. The first-order chi connectivity index (χ1) is 28.6. The van der Waals surface area contributed by atoms with Crippen LogP contribution in [0, 0.1) is 5.82 Å². The number of ether oxygens (including phenoxy) is 5. The van der Waals surface area contributed by atoms with Crippen LogP contribution in [0.2, 0.25) is 0 Å². The van der Waals surface area contributed by atoms with E-state index >= 15 is 4.39 Å². The Morgan fingerprint density at radius 3 is 1.55 bits per heavy atom. The smallest absolute Gasteiger partial charge is 0.338 e. The third-order valence-corrected chi connectivity index (χ3v) is 8.97. The maximum Gasteiger partial charge on any atom is 0.338 e. The molecule has 0 fully saturated rings. The molecule has 9 nitrogen and oxygen atoms in total. The van der Waals surface area contributed by atoms with E-state index in [0.717, 1.165) is 11.1 Å². The Bertz CT molecular complexity index is 2480. The van der Waals surface area contributed by atoms with Gasteiger partial charge in [0.15, 0.2) is 0 Å².